The molecule has 42 heavy (non-hydrogen) atoms. The molecule has 0 saturated heterocycles. The molecule has 3 aromatic rings. The molecule has 1 unspecified atom stereocenters. The number of alkyl halides is 1. The molecule has 1 aliphatic rings. The number of hydrogen-bond acceptors (Lipinski definition) is 5. The Balaban J connectivity index is 0.00000116. The van der Waals surface area contributed by atoms with E-state index in [0.29, 0.717) is 22.2 Å². The van der Waals surface area contributed by atoms with Gasteiger partial charge < -0.3 is 25.2 Å². The molecule has 0 bridgehead atoms. The van der Waals surface area contributed by atoms with E-state index in [9.17, 15) is 9.18 Å². The van der Waals surface area contributed by atoms with E-state index in [0.717, 1.165) is 47.9 Å². The molecule has 1 atom stereocenters. The predicted molar refractivity (Wildman–Crippen MR) is 166 cm³/mol. The minimum Gasteiger partial charge on any atom is -0.489 e. The van der Waals surface area contributed by atoms with E-state index in [1.165, 1.54) is 6.42 Å². The SMILES string of the molecule is Cc1ccccc1-c1ccc(C(=O)NC2CCCCC2)nc1-c1ccc(Cl)c(OCC(F)CN(C)C)c1.Cl.O=C(O)O. The molecule has 0 radical (unpaired) electrons. The predicted octanol–water partition coefficient (Wildman–Crippen LogP) is 7.36. The standard InChI is InChI=1S/C30H35ClFN3O2.CH2O3.ClH/c1-20-9-7-8-12-24(20)25-14-16-27(30(36)33-23-10-5-4-6-11-23)34-29(25)21-13-15-26(31)28(17-21)37-19-22(32)18-35(2)3;2-1(3)4;/h7-9,12-17,22-23H,4-6,10-11,18-19H2,1-3H3,(H,33,36);(H2,2,3,4);1H. The van der Waals surface area contributed by atoms with Gasteiger partial charge in [0.25, 0.3) is 5.91 Å². The molecule has 0 aliphatic heterocycles. The summed E-state index contributed by atoms with van der Waals surface area (Å²) in [5.74, 6) is 0.217. The number of carbonyl (C=O) groups excluding carboxylic acids is 1. The van der Waals surface area contributed by atoms with E-state index < -0.39 is 12.3 Å². The van der Waals surface area contributed by atoms with Crippen molar-refractivity contribution >= 4 is 36.1 Å². The number of pyridine rings is 1. The van der Waals surface area contributed by atoms with Gasteiger partial charge in [-0.05, 0) is 69.3 Å². The fraction of sp³-hybridized carbons (Fsp3) is 0.387. The van der Waals surface area contributed by atoms with Crippen molar-refractivity contribution in [3.8, 4) is 28.1 Å². The van der Waals surface area contributed by atoms with E-state index in [-0.39, 0.29) is 37.5 Å². The highest BCUT2D eigenvalue weighted by molar-refractivity contribution is 6.32. The van der Waals surface area contributed by atoms with Crippen LogP contribution in [0.15, 0.2) is 54.6 Å². The van der Waals surface area contributed by atoms with Crippen LogP contribution in [0, 0.1) is 6.92 Å². The van der Waals surface area contributed by atoms with Crippen molar-refractivity contribution in [1.29, 1.82) is 0 Å². The summed E-state index contributed by atoms with van der Waals surface area (Å²) in [6, 6.07) is 17.3. The second-order valence-corrected chi connectivity index (χ2v) is 10.7. The second-order valence-electron chi connectivity index (χ2n) is 10.3. The molecular weight excluding hydrogens is 584 g/mol. The van der Waals surface area contributed by atoms with Gasteiger partial charge in [0.15, 0.2) is 0 Å². The third kappa shape index (κ3) is 10.5. The minimum atomic E-state index is -1.83. The topological polar surface area (TPSA) is 112 Å². The molecule has 4 rings (SSSR count). The number of nitrogens with one attached hydrogen (secondary N) is 1. The fourth-order valence-corrected chi connectivity index (χ4v) is 4.97. The van der Waals surface area contributed by atoms with E-state index in [2.05, 4.69) is 5.32 Å². The average Bonchev–Trinajstić information content (AvgIpc) is 2.92. The van der Waals surface area contributed by atoms with E-state index >= 15 is 0 Å². The molecule has 1 heterocycles. The van der Waals surface area contributed by atoms with Crippen LogP contribution in [0.2, 0.25) is 5.02 Å². The molecule has 1 saturated carbocycles. The van der Waals surface area contributed by atoms with Gasteiger partial charge in [0.05, 0.1) is 10.7 Å². The number of aromatic nitrogens is 1. The molecule has 2 aromatic carbocycles. The maximum absolute atomic E-state index is 14.3. The molecule has 1 aliphatic carbocycles. The Bertz CT molecular complexity index is 1330. The van der Waals surface area contributed by atoms with Gasteiger partial charge in [-0.2, -0.15) is 0 Å². The molecule has 0 spiro atoms. The molecule has 1 amide bonds. The smallest absolute Gasteiger partial charge is 0.489 e. The van der Waals surface area contributed by atoms with Crippen LogP contribution in [0.3, 0.4) is 0 Å². The van der Waals surface area contributed by atoms with E-state index in [4.69, 9.17) is 36.3 Å². The minimum absolute atomic E-state index is 0. The Kier molecular flexibility index (Phi) is 14.0. The lowest BCUT2D eigenvalue weighted by Crippen LogP contribution is -2.36. The van der Waals surface area contributed by atoms with Crippen molar-refractivity contribution in [2.75, 3.05) is 27.2 Å². The quantitative estimate of drug-likeness (QED) is 0.229. The van der Waals surface area contributed by atoms with Crippen LogP contribution >= 0.6 is 24.0 Å². The summed E-state index contributed by atoms with van der Waals surface area (Å²) in [7, 11) is 3.63. The lowest BCUT2D eigenvalue weighted by atomic mass is 9.94. The second kappa shape index (κ2) is 16.9. The normalized spacial score (nSPS) is 13.8. The Morgan fingerprint density at radius 1 is 1.07 bits per heavy atom. The van der Waals surface area contributed by atoms with Gasteiger partial charge in [0.2, 0.25) is 0 Å². The van der Waals surface area contributed by atoms with Crippen molar-refractivity contribution in [1.82, 2.24) is 15.2 Å². The highest BCUT2D eigenvalue weighted by atomic mass is 35.5. The number of carbonyl (C=O) groups is 2. The first-order valence-corrected chi connectivity index (χ1v) is 13.9. The van der Waals surface area contributed by atoms with Crippen LogP contribution < -0.4 is 10.1 Å². The summed E-state index contributed by atoms with van der Waals surface area (Å²) in [6.45, 7) is 2.20. The first-order chi connectivity index (χ1) is 19.5. The number of carboxylic acid groups (broad SMARTS) is 2. The number of halogens is 3. The molecule has 3 N–H and O–H groups in total. The lowest BCUT2D eigenvalue weighted by molar-refractivity contribution is 0.0922. The Morgan fingerprint density at radius 2 is 1.74 bits per heavy atom. The maximum atomic E-state index is 14.3. The molecule has 11 heteroatoms. The molecule has 1 fully saturated rings. The van der Waals surface area contributed by atoms with Crippen LogP contribution in [0.1, 0.15) is 48.2 Å². The summed E-state index contributed by atoms with van der Waals surface area (Å²) in [5, 5.41) is 17.5. The first kappa shape index (κ1) is 34.8. The molecular formula is C31H38Cl2FN3O5. The van der Waals surface area contributed by atoms with Gasteiger partial charge >= 0.3 is 6.16 Å². The van der Waals surface area contributed by atoms with Crippen molar-refractivity contribution in [2.24, 2.45) is 0 Å². The number of rotatable bonds is 9. The van der Waals surface area contributed by atoms with Gasteiger partial charge in [-0.3, -0.25) is 4.79 Å². The molecule has 228 valence electrons. The fourth-order valence-electron chi connectivity index (χ4n) is 4.79. The highest BCUT2D eigenvalue weighted by Gasteiger charge is 2.20. The number of amides is 1. The monoisotopic (exact) mass is 621 g/mol. The summed E-state index contributed by atoms with van der Waals surface area (Å²) < 4.78 is 20.1. The summed E-state index contributed by atoms with van der Waals surface area (Å²) >= 11 is 6.40. The van der Waals surface area contributed by atoms with Crippen LogP contribution in [-0.4, -0.2) is 71.6 Å². The number of hydrogen-bond donors (Lipinski definition) is 3. The number of nitrogens with zero attached hydrogens (tertiary/aromatic N) is 2. The Morgan fingerprint density at radius 3 is 2.38 bits per heavy atom. The zero-order valence-electron chi connectivity index (χ0n) is 24.0. The average molecular weight is 623 g/mol. The summed E-state index contributed by atoms with van der Waals surface area (Å²) in [6.07, 6.45) is 2.51. The third-order valence-electron chi connectivity index (χ3n) is 6.69. The Hall–Kier alpha value is -3.40. The first-order valence-electron chi connectivity index (χ1n) is 13.6. The lowest BCUT2D eigenvalue weighted by Gasteiger charge is -2.23. The highest BCUT2D eigenvalue weighted by Crippen LogP contribution is 2.36. The van der Waals surface area contributed by atoms with Crippen LogP contribution in [-0.2, 0) is 0 Å². The van der Waals surface area contributed by atoms with Gasteiger partial charge in [0, 0.05) is 23.7 Å². The van der Waals surface area contributed by atoms with Crippen LogP contribution in [0.25, 0.3) is 22.4 Å². The Labute approximate surface area is 257 Å². The summed E-state index contributed by atoms with van der Waals surface area (Å²) in [4.78, 5) is 28.3. The van der Waals surface area contributed by atoms with E-state index in [1.807, 2.05) is 57.4 Å². The van der Waals surface area contributed by atoms with Crippen molar-refractivity contribution in [2.45, 2.75) is 51.2 Å². The van der Waals surface area contributed by atoms with Gasteiger partial charge in [-0.15, -0.1) is 12.4 Å². The van der Waals surface area contributed by atoms with Gasteiger partial charge in [0.1, 0.15) is 24.2 Å². The summed E-state index contributed by atoms with van der Waals surface area (Å²) in [5.41, 5.74) is 4.78. The van der Waals surface area contributed by atoms with Crippen LogP contribution in [0.5, 0.6) is 5.75 Å². The zero-order valence-corrected chi connectivity index (χ0v) is 25.6. The molecule has 8 nitrogen and oxygen atoms in total. The number of ether oxygens (including phenoxy) is 1. The maximum Gasteiger partial charge on any atom is 0.503 e. The van der Waals surface area contributed by atoms with Crippen LogP contribution in [0.4, 0.5) is 9.18 Å². The number of benzene rings is 2. The largest absolute Gasteiger partial charge is 0.503 e. The third-order valence-corrected chi connectivity index (χ3v) is 7.00. The zero-order chi connectivity index (χ0) is 29.9. The van der Waals surface area contributed by atoms with Gasteiger partial charge in [-0.25, -0.2) is 14.2 Å². The molecule has 1 aromatic heterocycles. The van der Waals surface area contributed by atoms with Crippen molar-refractivity contribution in [3.63, 3.8) is 0 Å². The van der Waals surface area contributed by atoms with Gasteiger partial charge in [-0.1, -0.05) is 61.2 Å². The number of aryl methyl sites for hydroxylation is 1. The van der Waals surface area contributed by atoms with Crippen molar-refractivity contribution in [3.05, 3.63) is 70.9 Å². The van der Waals surface area contributed by atoms with Crippen molar-refractivity contribution < 1.29 is 28.9 Å². The van der Waals surface area contributed by atoms with E-state index in [1.54, 1.807) is 23.1 Å².